The van der Waals surface area contributed by atoms with Crippen LogP contribution >= 0.6 is 11.6 Å². The van der Waals surface area contributed by atoms with Crippen molar-refractivity contribution in [3.8, 4) is 5.75 Å². The molecule has 0 unspecified atom stereocenters. The number of hydrogen-bond acceptors (Lipinski definition) is 11. The van der Waals surface area contributed by atoms with E-state index in [-0.39, 0.29) is 47.2 Å². The molecule has 2 N–H and O–H groups in total. The molecule has 0 aliphatic heterocycles. The number of alkyl carbamates (subject to hydrolysis) is 1. The van der Waals surface area contributed by atoms with Gasteiger partial charge in [-0.2, -0.15) is 0 Å². The Morgan fingerprint density at radius 1 is 0.627 bits per heavy atom. The molecule has 16 heteroatoms. The van der Waals surface area contributed by atoms with Crippen LogP contribution in [0.3, 0.4) is 0 Å². The van der Waals surface area contributed by atoms with Crippen molar-refractivity contribution >= 4 is 59.2 Å². The number of aliphatic imine (C=N–C) groups is 1. The zero-order valence-corrected chi connectivity index (χ0v) is 41.0. The van der Waals surface area contributed by atoms with Crippen molar-refractivity contribution in [1.29, 1.82) is 0 Å². The molecule has 0 aromatic heterocycles. The van der Waals surface area contributed by atoms with E-state index in [0.29, 0.717) is 16.8 Å². The van der Waals surface area contributed by atoms with Gasteiger partial charge in [0.15, 0.2) is 0 Å². The number of anilines is 1. The molecule has 3 amide bonds. The van der Waals surface area contributed by atoms with Gasteiger partial charge in [0.2, 0.25) is 11.9 Å². The minimum absolute atomic E-state index is 0.0635. The van der Waals surface area contributed by atoms with Crippen molar-refractivity contribution in [2.45, 2.75) is 131 Å². The molecule has 1 atom stereocenters. The van der Waals surface area contributed by atoms with Crippen LogP contribution in [0.2, 0.25) is 5.02 Å². The quantitative estimate of drug-likeness (QED) is 0.0450. The number of hydrogen-bond donors (Lipinski definition) is 2. The fourth-order valence-corrected chi connectivity index (χ4v) is 6.32. The lowest BCUT2D eigenvalue weighted by Crippen LogP contribution is -2.49. The number of benzene rings is 4. The summed E-state index contributed by atoms with van der Waals surface area (Å²) in [5.74, 6) is -2.53. The Bertz CT molecular complexity index is 2440. The number of rotatable bonds is 12. The summed E-state index contributed by atoms with van der Waals surface area (Å²) in [5, 5.41) is 5.34. The second-order valence-electron chi connectivity index (χ2n) is 19.6. The van der Waals surface area contributed by atoms with Gasteiger partial charge in [-0.15, -0.1) is 4.99 Å². The van der Waals surface area contributed by atoms with Crippen molar-refractivity contribution in [1.82, 2.24) is 10.2 Å². The SMILES string of the molecule is CC(C)(C)OC(=O)/N=C(/NC(=O)OC(C)(C)C)Nc1ccc(C(=O)Oc2ccc(CC(=O)N(Cc3cccc(C(=O)OC(C)(C)C)c3)[C@@H](Cc3ccccc3)C(=O)OC(C)(C)C)c(Cl)c2)cc1. The third-order valence-corrected chi connectivity index (χ3v) is 9.09. The van der Waals surface area contributed by atoms with E-state index in [0.717, 1.165) is 5.56 Å². The molecular formula is C51H61ClN4O11. The van der Waals surface area contributed by atoms with Crippen LogP contribution in [0.25, 0.3) is 0 Å². The molecule has 4 rings (SSSR count). The second-order valence-corrected chi connectivity index (χ2v) is 20.0. The van der Waals surface area contributed by atoms with Crippen LogP contribution in [-0.4, -0.2) is 75.3 Å². The van der Waals surface area contributed by atoms with Gasteiger partial charge in [0.05, 0.1) is 17.5 Å². The molecule has 0 aliphatic rings. The Balaban J connectivity index is 1.57. The summed E-state index contributed by atoms with van der Waals surface area (Å²) in [5.41, 5.74) is -0.760. The lowest BCUT2D eigenvalue weighted by Gasteiger charge is -2.33. The summed E-state index contributed by atoms with van der Waals surface area (Å²) < 4.78 is 27.6. The van der Waals surface area contributed by atoms with Gasteiger partial charge in [-0.25, -0.2) is 24.0 Å². The molecule has 4 aromatic rings. The number of halogens is 1. The third-order valence-electron chi connectivity index (χ3n) is 8.74. The maximum absolute atomic E-state index is 14.6. The number of esters is 3. The van der Waals surface area contributed by atoms with E-state index in [2.05, 4.69) is 15.6 Å². The van der Waals surface area contributed by atoms with Crippen LogP contribution in [-0.2, 0) is 47.9 Å². The Morgan fingerprint density at radius 2 is 1.22 bits per heavy atom. The van der Waals surface area contributed by atoms with Gasteiger partial charge in [-0.1, -0.05) is 60.1 Å². The zero-order valence-electron chi connectivity index (χ0n) is 40.2. The van der Waals surface area contributed by atoms with Gasteiger partial charge in [0, 0.05) is 23.7 Å². The Kier molecular flexibility index (Phi) is 17.5. The predicted octanol–water partition coefficient (Wildman–Crippen LogP) is 10.3. The van der Waals surface area contributed by atoms with Gasteiger partial charge in [0.1, 0.15) is 34.2 Å². The first-order chi connectivity index (χ1) is 31.0. The molecule has 67 heavy (non-hydrogen) atoms. The van der Waals surface area contributed by atoms with Crippen LogP contribution in [0, 0.1) is 0 Å². The molecule has 15 nitrogen and oxygen atoms in total. The van der Waals surface area contributed by atoms with E-state index < -0.39 is 64.4 Å². The van der Waals surface area contributed by atoms with Crippen LogP contribution in [0.4, 0.5) is 15.3 Å². The smallest absolute Gasteiger partial charge is 0.437 e. The summed E-state index contributed by atoms with van der Waals surface area (Å²) in [7, 11) is 0. The molecule has 0 aliphatic carbocycles. The maximum atomic E-state index is 14.6. The van der Waals surface area contributed by atoms with E-state index in [1.807, 2.05) is 30.3 Å². The number of carbonyl (C=O) groups is 6. The molecule has 0 fully saturated rings. The highest BCUT2D eigenvalue weighted by molar-refractivity contribution is 6.31. The van der Waals surface area contributed by atoms with Crippen LogP contribution in [0.1, 0.15) is 120 Å². The van der Waals surface area contributed by atoms with Gasteiger partial charge >= 0.3 is 30.1 Å². The van der Waals surface area contributed by atoms with E-state index in [9.17, 15) is 28.8 Å². The molecule has 0 spiro atoms. The maximum Gasteiger partial charge on any atom is 0.437 e. The topological polar surface area (TPSA) is 188 Å². The zero-order chi connectivity index (χ0) is 49.9. The second kappa shape index (κ2) is 22.2. The average molecular weight is 942 g/mol. The molecule has 0 saturated carbocycles. The lowest BCUT2D eigenvalue weighted by atomic mass is 10.0. The van der Waals surface area contributed by atoms with Gasteiger partial charge in [0.25, 0.3) is 0 Å². The summed E-state index contributed by atoms with van der Waals surface area (Å²) >= 11 is 6.75. The molecule has 4 aromatic carbocycles. The van der Waals surface area contributed by atoms with Crippen LogP contribution in [0.15, 0.2) is 102 Å². The number of amides is 3. The van der Waals surface area contributed by atoms with Crippen molar-refractivity contribution in [2.75, 3.05) is 5.32 Å². The number of ether oxygens (including phenoxy) is 5. The van der Waals surface area contributed by atoms with Crippen molar-refractivity contribution in [3.05, 3.63) is 130 Å². The van der Waals surface area contributed by atoms with Crippen molar-refractivity contribution < 1.29 is 52.5 Å². The first-order valence-electron chi connectivity index (χ1n) is 21.6. The Morgan fingerprint density at radius 3 is 1.81 bits per heavy atom. The number of nitrogens with zero attached hydrogens (tertiary/aromatic N) is 2. The monoisotopic (exact) mass is 940 g/mol. The average Bonchev–Trinajstić information content (AvgIpc) is 3.18. The van der Waals surface area contributed by atoms with E-state index in [1.54, 1.807) is 113 Å². The fraction of sp³-hybridized carbons (Fsp3) is 0.392. The summed E-state index contributed by atoms with van der Waals surface area (Å²) in [6.45, 7) is 20.5. The van der Waals surface area contributed by atoms with Gasteiger partial charge in [-0.05, 0) is 148 Å². The lowest BCUT2D eigenvalue weighted by molar-refractivity contribution is -0.165. The predicted molar refractivity (Wildman–Crippen MR) is 255 cm³/mol. The molecule has 0 radical (unpaired) electrons. The van der Waals surface area contributed by atoms with Crippen molar-refractivity contribution in [2.24, 2.45) is 4.99 Å². The van der Waals surface area contributed by atoms with E-state index in [1.165, 1.54) is 41.3 Å². The molecule has 0 saturated heterocycles. The molecule has 0 bridgehead atoms. The Labute approximate surface area is 397 Å². The first kappa shape index (κ1) is 52.9. The van der Waals surface area contributed by atoms with E-state index >= 15 is 0 Å². The van der Waals surface area contributed by atoms with Gasteiger partial charge < -0.3 is 33.9 Å². The fourth-order valence-electron chi connectivity index (χ4n) is 6.09. The normalized spacial score (nSPS) is 12.5. The highest BCUT2D eigenvalue weighted by Crippen LogP contribution is 2.27. The standard InChI is InChI=1S/C51H61ClN4O11/c1-48(2,3)64-43(59)36-20-16-19-33(27-36)31-56(40(44(60)65-49(4,5)6)28-32-17-14-13-15-18-32)41(57)29-35-23-26-38(30-39(35)52)63-42(58)34-21-24-37(25-22-34)53-45(54-46(61)66-50(7,8)9)55-47(62)67-51(10,11)12/h13-27,30,40H,28-29,31H2,1-12H3,(H2,53,54,55,61,62)/t40-/m0/s1. The summed E-state index contributed by atoms with van der Waals surface area (Å²) in [6, 6.07) is 25.2. The molecule has 358 valence electrons. The highest BCUT2D eigenvalue weighted by atomic mass is 35.5. The molecule has 0 heterocycles. The number of nitrogens with one attached hydrogen (secondary N) is 2. The molecular weight excluding hydrogens is 880 g/mol. The summed E-state index contributed by atoms with van der Waals surface area (Å²) in [4.78, 5) is 85.2. The minimum atomic E-state index is -1.08. The Hall–Kier alpha value is -6.74. The van der Waals surface area contributed by atoms with Crippen molar-refractivity contribution in [3.63, 3.8) is 0 Å². The largest absolute Gasteiger partial charge is 0.458 e. The minimum Gasteiger partial charge on any atom is -0.458 e. The first-order valence-corrected chi connectivity index (χ1v) is 22.0. The summed E-state index contributed by atoms with van der Waals surface area (Å²) in [6.07, 6.45) is -1.95. The van der Waals surface area contributed by atoms with Crippen LogP contribution < -0.4 is 15.4 Å². The van der Waals surface area contributed by atoms with Crippen LogP contribution in [0.5, 0.6) is 5.75 Å². The number of guanidine groups is 1. The van der Waals surface area contributed by atoms with E-state index in [4.69, 9.17) is 35.3 Å². The van der Waals surface area contributed by atoms with Gasteiger partial charge in [-0.3, -0.25) is 10.1 Å². The third kappa shape index (κ3) is 18.6. The highest BCUT2D eigenvalue weighted by Gasteiger charge is 2.34. The number of carbonyl (C=O) groups excluding carboxylic acids is 6.